The van der Waals surface area contributed by atoms with Crippen LogP contribution in [0.25, 0.3) is 0 Å². The van der Waals surface area contributed by atoms with Crippen LogP contribution in [0.2, 0.25) is 0 Å². The molecule has 0 atom stereocenters. The van der Waals surface area contributed by atoms with Gasteiger partial charge in [-0.2, -0.15) is 11.8 Å². The van der Waals surface area contributed by atoms with Gasteiger partial charge < -0.3 is 0 Å². The number of rotatable bonds is 4. The van der Waals surface area contributed by atoms with Crippen LogP contribution in [-0.2, 0) is 0 Å². The third-order valence-corrected chi connectivity index (χ3v) is 3.23. The van der Waals surface area contributed by atoms with Crippen LogP contribution in [0.1, 0.15) is 26.7 Å². The second kappa shape index (κ2) is 5.47. The fourth-order valence-electron chi connectivity index (χ4n) is 1.19. The molecule has 0 radical (unpaired) electrons. The first-order valence-electron chi connectivity index (χ1n) is 4.72. The van der Waals surface area contributed by atoms with E-state index in [1.165, 1.54) is 29.9 Å². The van der Waals surface area contributed by atoms with Crippen molar-refractivity contribution in [2.24, 2.45) is 5.92 Å². The van der Waals surface area contributed by atoms with Crippen molar-refractivity contribution in [2.75, 3.05) is 11.5 Å². The highest BCUT2D eigenvalue weighted by Crippen LogP contribution is 2.16. The SMILES string of the molecule is CC(C)CSCC1=CCCC=C1. The Morgan fingerprint density at radius 2 is 2.25 bits per heavy atom. The molecule has 0 bridgehead atoms. The van der Waals surface area contributed by atoms with Crippen molar-refractivity contribution < 1.29 is 0 Å². The Labute approximate surface area is 80.1 Å². The summed E-state index contributed by atoms with van der Waals surface area (Å²) in [5.41, 5.74) is 1.52. The predicted molar refractivity (Wildman–Crippen MR) is 58.6 cm³/mol. The van der Waals surface area contributed by atoms with Crippen LogP contribution in [0.3, 0.4) is 0 Å². The summed E-state index contributed by atoms with van der Waals surface area (Å²) in [4.78, 5) is 0. The molecule has 0 aromatic rings. The Hall–Kier alpha value is -0.170. The van der Waals surface area contributed by atoms with Gasteiger partial charge in [0, 0.05) is 5.75 Å². The Morgan fingerprint density at radius 3 is 2.83 bits per heavy atom. The summed E-state index contributed by atoms with van der Waals surface area (Å²) in [6, 6.07) is 0. The molecule has 1 aliphatic carbocycles. The van der Waals surface area contributed by atoms with E-state index in [0.717, 1.165) is 5.92 Å². The lowest BCUT2D eigenvalue weighted by Gasteiger charge is -2.07. The Balaban J connectivity index is 2.14. The van der Waals surface area contributed by atoms with E-state index in [9.17, 15) is 0 Å². The maximum Gasteiger partial charge on any atom is 0.0181 e. The zero-order valence-electron chi connectivity index (χ0n) is 8.05. The largest absolute Gasteiger partial charge is 0.157 e. The average molecular weight is 182 g/mol. The lowest BCUT2D eigenvalue weighted by atomic mass is 10.1. The topological polar surface area (TPSA) is 0 Å². The molecular formula is C11H18S. The quantitative estimate of drug-likeness (QED) is 0.639. The Kier molecular flexibility index (Phi) is 4.52. The van der Waals surface area contributed by atoms with Crippen molar-refractivity contribution in [3.05, 3.63) is 23.8 Å². The highest BCUT2D eigenvalue weighted by Gasteiger charge is 1.98. The molecule has 0 fully saturated rings. The van der Waals surface area contributed by atoms with Crippen LogP contribution < -0.4 is 0 Å². The minimum absolute atomic E-state index is 0.822. The van der Waals surface area contributed by atoms with Crippen molar-refractivity contribution in [1.29, 1.82) is 0 Å². The lowest BCUT2D eigenvalue weighted by Crippen LogP contribution is -1.94. The van der Waals surface area contributed by atoms with Crippen LogP contribution in [0.15, 0.2) is 23.8 Å². The molecule has 0 nitrogen and oxygen atoms in total. The highest BCUT2D eigenvalue weighted by molar-refractivity contribution is 7.99. The molecule has 0 unspecified atom stereocenters. The molecule has 12 heavy (non-hydrogen) atoms. The van der Waals surface area contributed by atoms with E-state index >= 15 is 0 Å². The molecule has 1 rings (SSSR count). The van der Waals surface area contributed by atoms with Gasteiger partial charge in [0.15, 0.2) is 0 Å². The summed E-state index contributed by atoms with van der Waals surface area (Å²) in [6.45, 7) is 4.55. The van der Waals surface area contributed by atoms with Crippen molar-refractivity contribution in [3.63, 3.8) is 0 Å². The second-order valence-electron chi connectivity index (χ2n) is 3.67. The first-order valence-corrected chi connectivity index (χ1v) is 5.88. The molecule has 0 spiro atoms. The standard InChI is InChI=1S/C11H18S/c1-10(2)8-12-9-11-6-4-3-5-7-11/h4,6-7,10H,3,5,8-9H2,1-2H3. The normalized spacial score (nSPS) is 16.8. The van der Waals surface area contributed by atoms with E-state index in [2.05, 4.69) is 32.1 Å². The van der Waals surface area contributed by atoms with Gasteiger partial charge in [0.05, 0.1) is 0 Å². The molecule has 68 valence electrons. The first-order chi connectivity index (χ1) is 5.79. The van der Waals surface area contributed by atoms with Crippen LogP contribution >= 0.6 is 11.8 Å². The molecule has 0 aliphatic heterocycles. The van der Waals surface area contributed by atoms with Gasteiger partial charge >= 0.3 is 0 Å². The summed E-state index contributed by atoms with van der Waals surface area (Å²) in [6.07, 6.45) is 9.40. The summed E-state index contributed by atoms with van der Waals surface area (Å²) in [5.74, 6) is 3.31. The minimum atomic E-state index is 0.822. The van der Waals surface area contributed by atoms with E-state index < -0.39 is 0 Å². The molecule has 1 heteroatoms. The molecule has 0 amide bonds. The van der Waals surface area contributed by atoms with Gasteiger partial charge in [-0.3, -0.25) is 0 Å². The zero-order valence-corrected chi connectivity index (χ0v) is 8.86. The number of hydrogen-bond acceptors (Lipinski definition) is 1. The highest BCUT2D eigenvalue weighted by atomic mass is 32.2. The van der Waals surface area contributed by atoms with Gasteiger partial charge in [0.2, 0.25) is 0 Å². The summed E-state index contributed by atoms with van der Waals surface area (Å²) in [7, 11) is 0. The fraction of sp³-hybridized carbons (Fsp3) is 0.636. The van der Waals surface area contributed by atoms with Crippen LogP contribution in [0, 0.1) is 5.92 Å². The number of thioether (sulfide) groups is 1. The molecular weight excluding hydrogens is 164 g/mol. The van der Waals surface area contributed by atoms with Gasteiger partial charge in [-0.25, -0.2) is 0 Å². The fourth-order valence-corrected chi connectivity index (χ4v) is 2.23. The number of allylic oxidation sites excluding steroid dienone is 3. The molecule has 0 saturated heterocycles. The molecule has 0 N–H and O–H groups in total. The third kappa shape index (κ3) is 4.01. The molecule has 0 aromatic heterocycles. The van der Waals surface area contributed by atoms with E-state index in [1.807, 2.05) is 11.8 Å². The predicted octanol–water partition coefficient (Wildman–Crippen LogP) is 3.65. The summed E-state index contributed by atoms with van der Waals surface area (Å²) in [5, 5.41) is 0. The first kappa shape index (κ1) is 9.91. The second-order valence-corrected chi connectivity index (χ2v) is 4.70. The smallest absolute Gasteiger partial charge is 0.0181 e. The maximum absolute atomic E-state index is 2.37. The van der Waals surface area contributed by atoms with Crippen LogP contribution in [-0.4, -0.2) is 11.5 Å². The minimum Gasteiger partial charge on any atom is -0.157 e. The van der Waals surface area contributed by atoms with Gasteiger partial charge in [0.1, 0.15) is 0 Å². The molecule has 0 heterocycles. The molecule has 0 saturated carbocycles. The summed E-state index contributed by atoms with van der Waals surface area (Å²) < 4.78 is 0. The Bertz CT molecular complexity index is 177. The van der Waals surface area contributed by atoms with E-state index in [0.29, 0.717) is 0 Å². The Morgan fingerprint density at radius 1 is 1.42 bits per heavy atom. The average Bonchev–Trinajstić information content (AvgIpc) is 2.05. The molecule has 0 aromatic carbocycles. The van der Waals surface area contributed by atoms with E-state index in [1.54, 1.807) is 0 Å². The number of hydrogen-bond donors (Lipinski definition) is 0. The third-order valence-electron chi connectivity index (χ3n) is 1.79. The monoisotopic (exact) mass is 182 g/mol. The van der Waals surface area contributed by atoms with Crippen molar-refractivity contribution >= 4 is 11.8 Å². The molecule has 1 aliphatic rings. The van der Waals surface area contributed by atoms with E-state index in [-0.39, 0.29) is 0 Å². The lowest BCUT2D eigenvalue weighted by molar-refractivity contribution is 0.750. The van der Waals surface area contributed by atoms with Crippen molar-refractivity contribution in [3.8, 4) is 0 Å². The van der Waals surface area contributed by atoms with Crippen LogP contribution in [0.4, 0.5) is 0 Å². The van der Waals surface area contributed by atoms with Crippen molar-refractivity contribution in [1.82, 2.24) is 0 Å². The van der Waals surface area contributed by atoms with Crippen molar-refractivity contribution in [2.45, 2.75) is 26.7 Å². The summed E-state index contributed by atoms with van der Waals surface area (Å²) >= 11 is 2.05. The van der Waals surface area contributed by atoms with Crippen LogP contribution in [0.5, 0.6) is 0 Å². The van der Waals surface area contributed by atoms with Gasteiger partial charge in [-0.05, 0) is 30.1 Å². The maximum atomic E-state index is 2.37. The van der Waals surface area contributed by atoms with E-state index in [4.69, 9.17) is 0 Å². The van der Waals surface area contributed by atoms with Gasteiger partial charge in [-0.1, -0.05) is 32.1 Å². The van der Waals surface area contributed by atoms with Gasteiger partial charge in [0.25, 0.3) is 0 Å². The zero-order chi connectivity index (χ0) is 8.81. The van der Waals surface area contributed by atoms with Gasteiger partial charge in [-0.15, -0.1) is 0 Å².